The zero-order valence-electron chi connectivity index (χ0n) is 5.32. The quantitative estimate of drug-likeness (QED) is 0.421. The monoisotopic (exact) mass is 203 g/mol. The molecule has 1 aromatic heterocycles. The summed E-state index contributed by atoms with van der Waals surface area (Å²) in [5.74, 6) is 0. The third kappa shape index (κ3) is 1.36. The number of aromatic nitrogens is 2. The van der Waals surface area contributed by atoms with Crippen molar-refractivity contribution in [2.45, 2.75) is 0 Å². The minimum Gasteiger partial charge on any atom is -0.411 e. The van der Waals surface area contributed by atoms with Gasteiger partial charge in [0.1, 0.15) is 10.3 Å². The van der Waals surface area contributed by atoms with Crippen molar-refractivity contribution in [3.63, 3.8) is 0 Å². The van der Waals surface area contributed by atoms with Crippen LogP contribution in [-0.2, 0) is 7.05 Å². The van der Waals surface area contributed by atoms with E-state index in [2.05, 4.69) is 26.2 Å². The highest BCUT2D eigenvalue weighted by Gasteiger charge is 1.97. The van der Waals surface area contributed by atoms with Gasteiger partial charge in [-0.05, 0) is 22.0 Å². The number of aryl methyl sites for hydroxylation is 1. The van der Waals surface area contributed by atoms with E-state index in [-0.39, 0.29) is 0 Å². The molecule has 0 radical (unpaired) electrons. The fourth-order valence-corrected chi connectivity index (χ4v) is 0.901. The Balaban J connectivity index is 2.98. The van der Waals surface area contributed by atoms with E-state index in [9.17, 15) is 0 Å². The molecule has 1 heterocycles. The van der Waals surface area contributed by atoms with Gasteiger partial charge < -0.3 is 5.21 Å². The molecule has 10 heavy (non-hydrogen) atoms. The summed E-state index contributed by atoms with van der Waals surface area (Å²) in [4.78, 5) is 0. The zero-order valence-corrected chi connectivity index (χ0v) is 6.91. The maximum Gasteiger partial charge on any atom is 0.108 e. The lowest BCUT2D eigenvalue weighted by Gasteiger charge is -1.85. The summed E-state index contributed by atoms with van der Waals surface area (Å²) in [6.45, 7) is 0. The van der Waals surface area contributed by atoms with Crippen molar-refractivity contribution in [2.24, 2.45) is 12.2 Å². The van der Waals surface area contributed by atoms with E-state index in [0.717, 1.165) is 4.60 Å². The number of hydrogen-bond donors (Lipinski definition) is 1. The molecule has 0 aromatic carbocycles. The number of hydrogen-bond acceptors (Lipinski definition) is 3. The Morgan fingerprint density at radius 3 is 3.00 bits per heavy atom. The van der Waals surface area contributed by atoms with Crippen LogP contribution in [0.2, 0.25) is 0 Å². The highest BCUT2D eigenvalue weighted by atomic mass is 79.9. The van der Waals surface area contributed by atoms with Crippen molar-refractivity contribution in [2.75, 3.05) is 0 Å². The Labute approximate surface area is 66.3 Å². The second-order valence-corrected chi connectivity index (χ2v) is 2.57. The van der Waals surface area contributed by atoms with E-state index in [1.807, 2.05) is 0 Å². The van der Waals surface area contributed by atoms with Gasteiger partial charge in [-0.1, -0.05) is 5.16 Å². The fraction of sp³-hybridized carbons (Fsp3) is 0.200. The van der Waals surface area contributed by atoms with Crippen molar-refractivity contribution in [3.05, 3.63) is 16.4 Å². The summed E-state index contributed by atoms with van der Waals surface area (Å²) in [6, 6.07) is 1.75. The zero-order chi connectivity index (χ0) is 7.56. The van der Waals surface area contributed by atoms with Crippen molar-refractivity contribution < 1.29 is 5.21 Å². The van der Waals surface area contributed by atoms with Gasteiger partial charge in [-0.25, -0.2) is 0 Å². The van der Waals surface area contributed by atoms with E-state index in [0.29, 0.717) is 5.69 Å². The van der Waals surface area contributed by atoms with Crippen molar-refractivity contribution >= 4 is 22.1 Å². The number of nitrogens with zero attached hydrogens (tertiary/aromatic N) is 3. The average molecular weight is 204 g/mol. The van der Waals surface area contributed by atoms with E-state index in [1.165, 1.54) is 6.21 Å². The maximum absolute atomic E-state index is 8.12. The Kier molecular flexibility index (Phi) is 2.06. The minimum absolute atomic E-state index is 0.622. The van der Waals surface area contributed by atoms with Crippen LogP contribution in [0.25, 0.3) is 0 Å². The van der Waals surface area contributed by atoms with Gasteiger partial charge in [-0.15, -0.1) is 0 Å². The van der Waals surface area contributed by atoms with Gasteiger partial charge in [0.25, 0.3) is 0 Å². The van der Waals surface area contributed by atoms with Crippen LogP contribution in [0.5, 0.6) is 0 Å². The molecule has 0 spiro atoms. The highest BCUT2D eigenvalue weighted by molar-refractivity contribution is 9.10. The number of oxime groups is 1. The summed E-state index contributed by atoms with van der Waals surface area (Å²) in [5.41, 5.74) is 0.622. The van der Waals surface area contributed by atoms with Gasteiger partial charge in [-0.3, -0.25) is 4.68 Å². The first-order valence-electron chi connectivity index (χ1n) is 2.61. The van der Waals surface area contributed by atoms with Crippen LogP contribution in [0, 0.1) is 0 Å². The Morgan fingerprint density at radius 2 is 2.60 bits per heavy atom. The van der Waals surface area contributed by atoms with Crippen molar-refractivity contribution in [1.82, 2.24) is 9.78 Å². The van der Waals surface area contributed by atoms with Gasteiger partial charge in [0.2, 0.25) is 0 Å². The van der Waals surface area contributed by atoms with Crippen LogP contribution in [0.4, 0.5) is 0 Å². The predicted molar refractivity (Wildman–Crippen MR) is 40.3 cm³/mol. The van der Waals surface area contributed by atoms with Crippen molar-refractivity contribution in [1.29, 1.82) is 0 Å². The lowest BCUT2D eigenvalue weighted by atomic mass is 10.5. The second kappa shape index (κ2) is 2.83. The molecule has 1 N–H and O–H groups in total. The smallest absolute Gasteiger partial charge is 0.108 e. The molecular formula is C5H6BrN3O. The third-order valence-corrected chi connectivity index (χ3v) is 1.77. The molecule has 0 saturated heterocycles. The first-order chi connectivity index (χ1) is 4.74. The van der Waals surface area contributed by atoms with Crippen LogP contribution >= 0.6 is 15.9 Å². The average Bonchev–Trinajstić information content (AvgIpc) is 2.14. The minimum atomic E-state index is 0.622. The molecule has 0 saturated carbocycles. The molecule has 54 valence electrons. The van der Waals surface area contributed by atoms with Crippen LogP contribution in [0.1, 0.15) is 5.69 Å². The van der Waals surface area contributed by atoms with Crippen LogP contribution in [0.3, 0.4) is 0 Å². The van der Waals surface area contributed by atoms with E-state index >= 15 is 0 Å². The normalized spacial score (nSPS) is 11.0. The molecule has 1 aromatic rings. The topological polar surface area (TPSA) is 50.4 Å². The molecule has 4 nitrogen and oxygen atoms in total. The third-order valence-electron chi connectivity index (χ3n) is 1.03. The molecule has 1 rings (SSSR count). The molecular weight excluding hydrogens is 198 g/mol. The summed E-state index contributed by atoms with van der Waals surface area (Å²) in [6.07, 6.45) is 1.27. The summed E-state index contributed by atoms with van der Waals surface area (Å²) in [7, 11) is 1.79. The summed E-state index contributed by atoms with van der Waals surface area (Å²) >= 11 is 3.24. The molecule has 0 aliphatic heterocycles. The van der Waals surface area contributed by atoms with E-state index in [1.54, 1.807) is 17.8 Å². The predicted octanol–water partition coefficient (Wildman–Crippen LogP) is 0.991. The van der Waals surface area contributed by atoms with Crippen LogP contribution in [0.15, 0.2) is 15.8 Å². The molecule has 0 atom stereocenters. The van der Waals surface area contributed by atoms with E-state index in [4.69, 9.17) is 5.21 Å². The van der Waals surface area contributed by atoms with Gasteiger partial charge in [0.15, 0.2) is 0 Å². The molecule has 0 fully saturated rings. The van der Waals surface area contributed by atoms with Gasteiger partial charge in [0, 0.05) is 7.05 Å². The van der Waals surface area contributed by atoms with E-state index < -0.39 is 0 Å². The molecule has 0 aliphatic carbocycles. The molecule has 0 bridgehead atoms. The Morgan fingerprint density at radius 1 is 1.90 bits per heavy atom. The first-order valence-corrected chi connectivity index (χ1v) is 3.40. The molecule has 0 aliphatic rings. The second-order valence-electron chi connectivity index (χ2n) is 1.76. The highest BCUT2D eigenvalue weighted by Crippen LogP contribution is 2.08. The molecule has 5 heteroatoms. The Bertz CT molecular complexity index is 236. The molecule has 0 amide bonds. The van der Waals surface area contributed by atoms with Gasteiger partial charge in [0.05, 0.1) is 6.21 Å². The van der Waals surface area contributed by atoms with Gasteiger partial charge >= 0.3 is 0 Å². The largest absolute Gasteiger partial charge is 0.411 e. The lowest BCUT2D eigenvalue weighted by Crippen LogP contribution is -1.91. The number of halogens is 1. The Hall–Kier alpha value is -0.840. The summed E-state index contributed by atoms with van der Waals surface area (Å²) in [5, 5.41) is 14.9. The maximum atomic E-state index is 8.12. The molecule has 0 unspecified atom stereocenters. The SMILES string of the molecule is Cn1nc(/C=N/O)cc1Br. The summed E-state index contributed by atoms with van der Waals surface area (Å²) < 4.78 is 2.49. The lowest BCUT2D eigenvalue weighted by molar-refractivity contribution is 0.321. The number of rotatable bonds is 1. The van der Waals surface area contributed by atoms with Crippen molar-refractivity contribution in [3.8, 4) is 0 Å². The van der Waals surface area contributed by atoms with Crippen LogP contribution in [-0.4, -0.2) is 21.2 Å². The fourth-order valence-electron chi connectivity index (χ4n) is 0.588. The first kappa shape index (κ1) is 7.27. The van der Waals surface area contributed by atoms with Gasteiger partial charge in [-0.2, -0.15) is 5.10 Å². The van der Waals surface area contributed by atoms with Crippen LogP contribution < -0.4 is 0 Å². The standard InChI is InChI=1S/C5H6BrN3O/c1-9-5(6)2-4(8-9)3-7-10/h2-3,10H,1H3/b7-3+.